The van der Waals surface area contributed by atoms with Gasteiger partial charge in [0.25, 0.3) is 5.91 Å². The number of carbonyl (C=O) groups is 1. The molecule has 1 aromatic carbocycles. The van der Waals surface area contributed by atoms with Crippen LogP contribution in [0.2, 0.25) is 0 Å². The number of benzene rings is 1. The Bertz CT molecular complexity index is 480. The highest BCUT2D eigenvalue weighted by Gasteiger charge is 2.37. The molecule has 1 aromatic rings. The minimum Gasteiger partial charge on any atom is -0.338 e. The van der Waals surface area contributed by atoms with Crippen LogP contribution < -0.4 is 0 Å². The summed E-state index contributed by atoms with van der Waals surface area (Å²) in [6.45, 7) is 8.30. The first kappa shape index (κ1) is 14.6. The Morgan fingerprint density at radius 3 is 2.58 bits per heavy atom. The van der Waals surface area contributed by atoms with Crippen molar-refractivity contribution in [1.29, 1.82) is 0 Å². The van der Waals surface area contributed by atoms with Gasteiger partial charge < -0.3 is 4.90 Å². The molecule has 0 aromatic heterocycles. The van der Waals surface area contributed by atoms with Crippen LogP contribution in [0.4, 0.5) is 0 Å². The van der Waals surface area contributed by atoms with Crippen molar-refractivity contribution in [3.8, 4) is 0 Å². The van der Waals surface area contributed by atoms with Crippen LogP contribution in [-0.2, 0) is 0 Å². The zero-order valence-electron chi connectivity index (χ0n) is 12.0. The zero-order chi connectivity index (χ0) is 14.0. The molecule has 2 nitrogen and oxygen atoms in total. The standard InChI is InChI=1S/C16H22BrNO/c1-4-16(5-2)8-9-18(11-16)15(19)13-6-7-14(17)12(3)10-13/h6-7,10H,4-5,8-9,11H2,1-3H3. The fourth-order valence-corrected chi connectivity index (χ4v) is 3.14. The fraction of sp³-hybridized carbons (Fsp3) is 0.562. The maximum atomic E-state index is 12.5. The molecule has 0 atom stereocenters. The number of amides is 1. The van der Waals surface area contributed by atoms with Crippen molar-refractivity contribution in [3.63, 3.8) is 0 Å². The highest BCUT2D eigenvalue weighted by atomic mass is 79.9. The van der Waals surface area contributed by atoms with Crippen molar-refractivity contribution in [1.82, 2.24) is 4.90 Å². The Hall–Kier alpha value is -0.830. The molecule has 0 saturated carbocycles. The molecule has 19 heavy (non-hydrogen) atoms. The Labute approximate surface area is 124 Å². The Balaban J connectivity index is 2.15. The van der Waals surface area contributed by atoms with Gasteiger partial charge >= 0.3 is 0 Å². The minimum absolute atomic E-state index is 0.180. The van der Waals surface area contributed by atoms with E-state index in [-0.39, 0.29) is 5.91 Å². The summed E-state index contributed by atoms with van der Waals surface area (Å²) < 4.78 is 1.06. The fourth-order valence-electron chi connectivity index (χ4n) is 2.90. The van der Waals surface area contributed by atoms with E-state index in [2.05, 4.69) is 29.8 Å². The van der Waals surface area contributed by atoms with Crippen molar-refractivity contribution in [3.05, 3.63) is 33.8 Å². The Morgan fingerprint density at radius 1 is 1.37 bits per heavy atom. The molecular weight excluding hydrogens is 302 g/mol. The molecule has 1 fully saturated rings. The average molecular weight is 324 g/mol. The summed E-state index contributed by atoms with van der Waals surface area (Å²) in [7, 11) is 0. The number of rotatable bonds is 3. The van der Waals surface area contributed by atoms with Gasteiger partial charge in [-0.1, -0.05) is 29.8 Å². The molecule has 1 amide bonds. The predicted octanol–water partition coefficient (Wildman–Crippen LogP) is 4.41. The summed E-state index contributed by atoms with van der Waals surface area (Å²) in [5.41, 5.74) is 2.27. The van der Waals surface area contributed by atoms with E-state index in [1.165, 1.54) is 0 Å². The van der Waals surface area contributed by atoms with E-state index in [1.54, 1.807) is 0 Å². The molecular formula is C16H22BrNO. The second-order valence-corrected chi connectivity index (χ2v) is 6.50. The number of halogens is 1. The van der Waals surface area contributed by atoms with E-state index in [0.717, 1.165) is 48.0 Å². The molecule has 1 aliphatic rings. The van der Waals surface area contributed by atoms with E-state index in [1.807, 2.05) is 30.0 Å². The lowest BCUT2D eigenvalue weighted by Gasteiger charge is -2.26. The van der Waals surface area contributed by atoms with Crippen LogP contribution in [0, 0.1) is 12.3 Å². The smallest absolute Gasteiger partial charge is 0.253 e. The van der Waals surface area contributed by atoms with E-state index in [4.69, 9.17) is 0 Å². The van der Waals surface area contributed by atoms with Crippen molar-refractivity contribution in [2.75, 3.05) is 13.1 Å². The first-order chi connectivity index (χ1) is 9.01. The molecule has 0 spiro atoms. The van der Waals surface area contributed by atoms with Crippen LogP contribution in [0.25, 0.3) is 0 Å². The molecule has 1 heterocycles. The van der Waals surface area contributed by atoms with Crippen molar-refractivity contribution >= 4 is 21.8 Å². The highest BCUT2D eigenvalue weighted by molar-refractivity contribution is 9.10. The normalized spacial score (nSPS) is 17.8. The molecule has 104 valence electrons. The lowest BCUT2D eigenvalue weighted by Crippen LogP contribution is -2.31. The number of aryl methyl sites for hydroxylation is 1. The SMILES string of the molecule is CCC1(CC)CCN(C(=O)c2ccc(Br)c(C)c2)C1. The van der Waals surface area contributed by atoms with Gasteiger partial charge in [0, 0.05) is 23.1 Å². The summed E-state index contributed by atoms with van der Waals surface area (Å²) in [5.74, 6) is 0.180. The average Bonchev–Trinajstić information content (AvgIpc) is 2.86. The van der Waals surface area contributed by atoms with Gasteiger partial charge in [-0.25, -0.2) is 0 Å². The maximum absolute atomic E-state index is 12.5. The topological polar surface area (TPSA) is 20.3 Å². The van der Waals surface area contributed by atoms with Crippen LogP contribution in [-0.4, -0.2) is 23.9 Å². The van der Waals surface area contributed by atoms with E-state index in [0.29, 0.717) is 5.41 Å². The van der Waals surface area contributed by atoms with Crippen LogP contribution in [0.15, 0.2) is 22.7 Å². The number of hydrogen-bond donors (Lipinski definition) is 0. The summed E-state index contributed by atoms with van der Waals surface area (Å²) >= 11 is 3.48. The molecule has 0 N–H and O–H groups in total. The minimum atomic E-state index is 0.180. The second-order valence-electron chi connectivity index (χ2n) is 5.65. The quantitative estimate of drug-likeness (QED) is 0.806. The molecule has 3 heteroatoms. The molecule has 0 radical (unpaired) electrons. The summed E-state index contributed by atoms with van der Waals surface area (Å²) in [4.78, 5) is 14.6. The van der Waals surface area contributed by atoms with Gasteiger partial charge in [0.05, 0.1) is 0 Å². The molecule has 2 rings (SSSR count). The first-order valence-corrected chi connectivity index (χ1v) is 7.86. The Kier molecular flexibility index (Phi) is 4.34. The van der Waals surface area contributed by atoms with Crippen LogP contribution in [0.5, 0.6) is 0 Å². The van der Waals surface area contributed by atoms with Gasteiger partial charge in [0.1, 0.15) is 0 Å². The van der Waals surface area contributed by atoms with Gasteiger partial charge in [-0.05, 0) is 55.4 Å². The van der Waals surface area contributed by atoms with Crippen LogP contribution in [0.1, 0.15) is 49.0 Å². The number of nitrogens with zero attached hydrogens (tertiary/aromatic N) is 1. The van der Waals surface area contributed by atoms with Gasteiger partial charge in [-0.3, -0.25) is 4.79 Å². The largest absolute Gasteiger partial charge is 0.338 e. The van der Waals surface area contributed by atoms with E-state index in [9.17, 15) is 4.79 Å². The summed E-state index contributed by atoms with van der Waals surface area (Å²) in [6, 6.07) is 5.85. The molecule has 1 aliphatic heterocycles. The van der Waals surface area contributed by atoms with Gasteiger partial charge in [-0.15, -0.1) is 0 Å². The first-order valence-electron chi connectivity index (χ1n) is 7.07. The van der Waals surface area contributed by atoms with Crippen LogP contribution >= 0.6 is 15.9 Å². The van der Waals surface area contributed by atoms with E-state index < -0.39 is 0 Å². The predicted molar refractivity (Wildman–Crippen MR) is 82.4 cm³/mol. The van der Waals surface area contributed by atoms with Crippen molar-refractivity contribution in [2.24, 2.45) is 5.41 Å². The maximum Gasteiger partial charge on any atom is 0.253 e. The Morgan fingerprint density at radius 2 is 2.05 bits per heavy atom. The van der Waals surface area contributed by atoms with Gasteiger partial charge in [0.15, 0.2) is 0 Å². The van der Waals surface area contributed by atoms with Gasteiger partial charge in [0.2, 0.25) is 0 Å². The number of carbonyl (C=O) groups excluding carboxylic acids is 1. The number of hydrogen-bond acceptors (Lipinski definition) is 1. The summed E-state index contributed by atoms with van der Waals surface area (Å²) in [5, 5.41) is 0. The third-order valence-electron chi connectivity index (χ3n) is 4.63. The third kappa shape index (κ3) is 2.86. The monoisotopic (exact) mass is 323 g/mol. The number of likely N-dealkylation sites (tertiary alicyclic amines) is 1. The van der Waals surface area contributed by atoms with E-state index >= 15 is 0 Å². The van der Waals surface area contributed by atoms with Crippen LogP contribution in [0.3, 0.4) is 0 Å². The third-order valence-corrected chi connectivity index (χ3v) is 5.52. The molecule has 0 aliphatic carbocycles. The second kappa shape index (κ2) is 5.66. The molecule has 1 saturated heterocycles. The lowest BCUT2D eigenvalue weighted by molar-refractivity contribution is 0.0770. The summed E-state index contributed by atoms with van der Waals surface area (Å²) in [6.07, 6.45) is 3.46. The highest BCUT2D eigenvalue weighted by Crippen LogP contribution is 2.37. The lowest BCUT2D eigenvalue weighted by atomic mass is 9.82. The van der Waals surface area contributed by atoms with Crippen molar-refractivity contribution < 1.29 is 4.79 Å². The van der Waals surface area contributed by atoms with Gasteiger partial charge in [-0.2, -0.15) is 0 Å². The molecule has 0 bridgehead atoms. The molecule has 0 unspecified atom stereocenters. The van der Waals surface area contributed by atoms with Crippen molar-refractivity contribution in [2.45, 2.75) is 40.0 Å². The zero-order valence-corrected chi connectivity index (χ0v) is 13.6.